The van der Waals surface area contributed by atoms with Crippen molar-refractivity contribution in [2.24, 2.45) is 11.8 Å². The van der Waals surface area contributed by atoms with Crippen LogP contribution in [-0.4, -0.2) is 4.57 Å². The molecule has 0 N–H and O–H groups in total. The maximum atomic E-state index is 4.64. The summed E-state index contributed by atoms with van der Waals surface area (Å²) in [5.41, 5.74) is 21.3. The maximum absolute atomic E-state index is 4.64. The normalized spacial score (nSPS) is 16.2. The van der Waals surface area contributed by atoms with Crippen LogP contribution in [0.15, 0.2) is 152 Å². The van der Waals surface area contributed by atoms with Gasteiger partial charge in [-0.1, -0.05) is 182 Å². The third-order valence-electron chi connectivity index (χ3n) is 17.2. The Morgan fingerprint density at radius 1 is 0.558 bits per heavy atom. The van der Waals surface area contributed by atoms with Crippen LogP contribution < -0.4 is 9.80 Å². The van der Waals surface area contributed by atoms with Gasteiger partial charge in [-0.2, -0.15) is 0 Å². The third-order valence-corrected chi connectivity index (χ3v) is 18.4. The molecule has 3 unspecified atom stereocenters. The highest BCUT2D eigenvalue weighted by molar-refractivity contribution is 7.26. The summed E-state index contributed by atoms with van der Waals surface area (Å²) in [6.45, 7) is 44.4. The van der Waals surface area contributed by atoms with Crippen molar-refractivity contribution in [3.8, 4) is 5.69 Å². The topological polar surface area (TPSA) is 11.4 Å². The van der Waals surface area contributed by atoms with Crippen LogP contribution in [0, 0.1) is 32.6 Å². The number of nitrogens with zero attached hydrogens (tertiary/aromatic N) is 3. The van der Waals surface area contributed by atoms with E-state index in [2.05, 4.69) is 278 Å². The highest BCUT2D eigenvalue weighted by atomic mass is 32.1. The molecule has 9 aromatic rings. The Labute approximate surface area is 466 Å². The lowest BCUT2D eigenvalue weighted by molar-refractivity contribution is 0.301. The van der Waals surface area contributed by atoms with Crippen molar-refractivity contribution in [3.63, 3.8) is 0 Å². The molecule has 2 aromatic heterocycles. The summed E-state index contributed by atoms with van der Waals surface area (Å²) in [5.74, 6) is 1.34. The van der Waals surface area contributed by atoms with Crippen LogP contribution in [0.2, 0.25) is 0 Å². The van der Waals surface area contributed by atoms with Gasteiger partial charge in [-0.25, -0.2) is 0 Å². The standard InChI is InChI=1S/C73H85N3S/c1-45-39-46(2)41-51(40-45)48(4)52-43-64(75(58-32-25-54(26-33-58)71(10,11)12)62-37-29-56(42-47(62)3)73(16,17)18)49(5)65(44-52)76(59-34-27-55(28-35-59)72(13,14)15)68-50(6)74(57-30-23-53(24-31-57)70(7,8)9)63-38-36-61-60-21-19-20-22-66(60)77-69(61)67(63)68/h19-38,42-44,46,48,51H,1,39-41H2,2-18H3. The van der Waals surface area contributed by atoms with Gasteiger partial charge in [0.2, 0.25) is 0 Å². The van der Waals surface area contributed by atoms with E-state index in [9.17, 15) is 0 Å². The van der Waals surface area contributed by atoms with E-state index in [1.807, 2.05) is 11.3 Å². The molecule has 0 bridgehead atoms. The van der Waals surface area contributed by atoms with Gasteiger partial charge in [-0.3, -0.25) is 0 Å². The van der Waals surface area contributed by atoms with Gasteiger partial charge in [0.25, 0.3) is 0 Å². The molecule has 1 aliphatic rings. The molecule has 0 saturated heterocycles. The molecule has 10 rings (SSSR count). The molecule has 3 atom stereocenters. The zero-order valence-electron chi connectivity index (χ0n) is 49.6. The molecule has 4 heteroatoms. The minimum atomic E-state index is -0.0131. The van der Waals surface area contributed by atoms with Crippen molar-refractivity contribution in [2.75, 3.05) is 9.80 Å². The summed E-state index contributed by atoms with van der Waals surface area (Å²) in [6, 6.07) is 54.4. The fourth-order valence-corrected chi connectivity index (χ4v) is 13.7. The van der Waals surface area contributed by atoms with Crippen molar-refractivity contribution in [3.05, 3.63) is 196 Å². The maximum Gasteiger partial charge on any atom is 0.0765 e. The first-order chi connectivity index (χ1) is 36.2. The first kappa shape index (κ1) is 54.0. The largest absolute Gasteiger partial charge is 0.312 e. The van der Waals surface area contributed by atoms with Gasteiger partial charge in [-0.15, -0.1) is 11.3 Å². The molecule has 398 valence electrons. The first-order valence-electron chi connectivity index (χ1n) is 28.5. The first-order valence-corrected chi connectivity index (χ1v) is 29.3. The van der Waals surface area contributed by atoms with Gasteiger partial charge in [0.05, 0.1) is 22.6 Å². The van der Waals surface area contributed by atoms with Gasteiger partial charge in [-0.05, 0) is 185 Å². The number of aromatic nitrogens is 1. The number of hydrogen-bond donors (Lipinski definition) is 0. The Morgan fingerprint density at radius 2 is 1.08 bits per heavy atom. The molecule has 0 radical (unpaired) electrons. The van der Waals surface area contributed by atoms with Gasteiger partial charge in [0, 0.05) is 54.0 Å². The lowest BCUT2D eigenvalue weighted by Gasteiger charge is -2.37. The molecule has 0 spiro atoms. The van der Waals surface area contributed by atoms with Crippen LogP contribution in [0.3, 0.4) is 0 Å². The number of benzene rings is 7. The van der Waals surface area contributed by atoms with Crippen LogP contribution in [0.5, 0.6) is 0 Å². The van der Waals surface area contributed by atoms with E-state index in [1.54, 1.807) is 0 Å². The number of rotatable bonds is 9. The number of hydrogen-bond acceptors (Lipinski definition) is 3. The van der Waals surface area contributed by atoms with Crippen LogP contribution >= 0.6 is 11.3 Å². The molecule has 2 heterocycles. The van der Waals surface area contributed by atoms with Crippen molar-refractivity contribution >= 4 is 76.5 Å². The molecule has 77 heavy (non-hydrogen) atoms. The molecule has 1 saturated carbocycles. The predicted molar refractivity (Wildman–Crippen MR) is 339 cm³/mol. The van der Waals surface area contributed by atoms with Crippen LogP contribution in [0.1, 0.15) is 167 Å². The molecule has 0 amide bonds. The summed E-state index contributed by atoms with van der Waals surface area (Å²) in [5, 5.41) is 3.88. The number of allylic oxidation sites excluding steroid dienone is 1. The summed E-state index contributed by atoms with van der Waals surface area (Å²) in [6.07, 6.45) is 3.35. The van der Waals surface area contributed by atoms with Gasteiger partial charge in [0.1, 0.15) is 0 Å². The lowest BCUT2D eigenvalue weighted by Crippen LogP contribution is -2.22. The molecule has 0 aliphatic heterocycles. The Morgan fingerprint density at radius 3 is 1.62 bits per heavy atom. The van der Waals surface area contributed by atoms with Crippen molar-refractivity contribution in [2.45, 2.75) is 165 Å². The summed E-state index contributed by atoms with van der Waals surface area (Å²) in [4.78, 5) is 5.26. The van der Waals surface area contributed by atoms with E-state index in [-0.39, 0.29) is 27.6 Å². The second-order valence-corrected chi connectivity index (χ2v) is 28.3. The lowest BCUT2D eigenvalue weighted by atomic mass is 9.72. The number of fused-ring (bicyclic) bond motifs is 5. The molecular formula is C73H85N3S. The van der Waals surface area contributed by atoms with E-state index < -0.39 is 0 Å². The van der Waals surface area contributed by atoms with E-state index >= 15 is 0 Å². The minimum Gasteiger partial charge on any atom is -0.312 e. The van der Waals surface area contributed by atoms with Gasteiger partial charge < -0.3 is 14.4 Å². The smallest absolute Gasteiger partial charge is 0.0765 e. The molecule has 3 nitrogen and oxygen atoms in total. The van der Waals surface area contributed by atoms with Gasteiger partial charge in [0.15, 0.2) is 0 Å². The van der Waals surface area contributed by atoms with Crippen LogP contribution in [0.25, 0.3) is 36.8 Å². The van der Waals surface area contributed by atoms with Crippen molar-refractivity contribution in [1.29, 1.82) is 0 Å². The van der Waals surface area contributed by atoms with Crippen LogP contribution in [0.4, 0.5) is 34.1 Å². The van der Waals surface area contributed by atoms with Crippen molar-refractivity contribution in [1.82, 2.24) is 4.57 Å². The fraction of sp³-hybridized carbons (Fsp3) is 0.370. The molecule has 7 aromatic carbocycles. The second kappa shape index (κ2) is 19.8. The Hall–Kier alpha value is -6.36. The average Bonchev–Trinajstić information content (AvgIpc) is 3.94. The Kier molecular flexibility index (Phi) is 13.9. The van der Waals surface area contributed by atoms with Crippen molar-refractivity contribution < 1.29 is 0 Å². The molecular weight excluding hydrogens is 951 g/mol. The van der Waals surface area contributed by atoms with E-state index in [4.69, 9.17) is 0 Å². The SMILES string of the molecule is C=C1CC(C)CC(C(C)c2cc(N(c3ccc(C(C)(C)C)cc3)c3ccc(C(C)(C)C)cc3C)c(C)c(N(c3ccc(C(C)(C)C)cc3)c3c(C)n(-c4ccc(C(C)(C)C)cc4)c4ccc5c6ccccc6sc5c34)c2)C1. The van der Waals surface area contributed by atoms with E-state index in [1.165, 1.54) is 116 Å². The zero-order valence-corrected chi connectivity index (χ0v) is 50.4. The van der Waals surface area contributed by atoms with Gasteiger partial charge >= 0.3 is 0 Å². The second-order valence-electron chi connectivity index (χ2n) is 27.2. The fourth-order valence-electron chi connectivity index (χ4n) is 12.5. The quantitative estimate of drug-likeness (QED) is 0.134. The molecule has 1 fully saturated rings. The Bertz CT molecular complexity index is 3660. The predicted octanol–water partition coefficient (Wildman–Crippen LogP) is 22.1. The Balaban J connectivity index is 1.34. The minimum absolute atomic E-state index is 0.0105. The highest BCUT2D eigenvalue weighted by Gasteiger charge is 2.33. The van der Waals surface area contributed by atoms with E-state index in [0.29, 0.717) is 11.8 Å². The van der Waals surface area contributed by atoms with E-state index in [0.717, 1.165) is 24.2 Å². The summed E-state index contributed by atoms with van der Waals surface area (Å²) in [7, 11) is 0. The number of aryl methyl sites for hydroxylation is 1. The third kappa shape index (κ3) is 10.2. The summed E-state index contributed by atoms with van der Waals surface area (Å²) < 4.78 is 5.16. The average molecular weight is 1040 g/mol. The van der Waals surface area contributed by atoms with Crippen LogP contribution in [-0.2, 0) is 21.7 Å². The monoisotopic (exact) mass is 1040 g/mol. The zero-order chi connectivity index (χ0) is 55.3. The molecule has 1 aliphatic carbocycles. The number of anilines is 6. The highest BCUT2D eigenvalue weighted by Crippen LogP contribution is 2.54. The number of thiophene rings is 1. The summed E-state index contributed by atoms with van der Waals surface area (Å²) >= 11 is 1.93.